The molecule has 3 N–H and O–H groups in total. The lowest BCUT2D eigenvalue weighted by Gasteiger charge is -2.28. The van der Waals surface area contributed by atoms with Crippen molar-refractivity contribution in [3.8, 4) is 0 Å². The Kier molecular flexibility index (Phi) is 6.41. The summed E-state index contributed by atoms with van der Waals surface area (Å²) >= 11 is 6.03. The number of aromatic amines is 1. The summed E-state index contributed by atoms with van der Waals surface area (Å²) in [7, 11) is 0. The number of nitrogens with zero attached hydrogens (tertiary/aromatic N) is 2. The highest BCUT2D eigenvalue weighted by Gasteiger charge is 2.29. The highest BCUT2D eigenvalue weighted by atomic mass is 35.5. The third kappa shape index (κ3) is 4.56. The van der Waals surface area contributed by atoms with E-state index in [4.69, 9.17) is 11.6 Å². The van der Waals surface area contributed by atoms with E-state index in [1.54, 1.807) is 19.2 Å². The van der Waals surface area contributed by atoms with Gasteiger partial charge < -0.3 is 15.6 Å². The summed E-state index contributed by atoms with van der Waals surface area (Å²) in [5.41, 5.74) is 0.908. The van der Waals surface area contributed by atoms with Gasteiger partial charge in [0, 0.05) is 30.8 Å². The highest BCUT2D eigenvalue weighted by molar-refractivity contribution is 6.33. The number of hydrogen-bond donors (Lipinski definition) is 3. The predicted molar refractivity (Wildman–Crippen MR) is 104 cm³/mol. The molecule has 9 heteroatoms. The lowest BCUT2D eigenvalue weighted by molar-refractivity contribution is -0.120. The monoisotopic (exact) mass is 403 g/mol. The van der Waals surface area contributed by atoms with Gasteiger partial charge in [-0.2, -0.15) is 0 Å². The van der Waals surface area contributed by atoms with Crippen LogP contribution in [-0.4, -0.2) is 38.6 Å². The first-order valence-electron chi connectivity index (χ1n) is 9.27. The summed E-state index contributed by atoms with van der Waals surface area (Å²) in [6.45, 7) is 1.73. The van der Waals surface area contributed by atoms with Crippen LogP contribution in [0.1, 0.15) is 60.0 Å². The number of Topliss-reactive ketones (excluding diaryl/α,β-unsaturated/α-hetero) is 1. The summed E-state index contributed by atoms with van der Waals surface area (Å²) in [4.78, 5) is 47.4. The van der Waals surface area contributed by atoms with Crippen molar-refractivity contribution in [2.75, 3.05) is 5.32 Å². The summed E-state index contributed by atoms with van der Waals surface area (Å²) < 4.78 is 0. The minimum absolute atomic E-state index is 0.0473. The van der Waals surface area contributed by atoms with Crippen LogP contribution in [0.25, 0.3) is 0 Å². The van der Waals surface area contributed by atoms with E-state index in [1.165, 1.54) is 12.5 Å². The van der Waals surface area contributed by atoms with Crippen molar-refractivity contribution in [2.24, 2.45) is 5.92 Å². The van der Waals surface area contributed by atoms with Crippen LogP contribution < -0.4 is 10.6 Å². The standard InChI is InChI=1S/C19H22ClN5O3/c1-2-15(26)16-17(23-10-22-16)19(28)24-12-5-3-11(4-6-12)18(27)25-14-7-8-21-9-13(14)20/h7-12H,2-6H2,1H3,(H,22,23)(H,24,28)(H,21,25,27). The molecule has 8 nitrogen and oxygen atoms in total. The van der Waals surface area contributed by atoms with Gasteiger partial charge in [0.15, 0.2) is 5.78 Å². The third-order valence-electron chi connectivity index (χ3n) is 4.92. The summed E-state index contributed by atoms with van der Waals surface area (Å²) in [6, 6.07) is 1.61. The number of hydrogen-bond acceptors (Lipinski definition) is 5. The number of aromatic nitrogens is 3. The fraction of sp³-hybridized carbons (Fsp3) is 0.421. The van der Waals surface area contributed by atoms with Gasteiger partial charge in [-0.25, -0.2) is 4.98 Å². The molecule has 1 saturated carbocycles. The molecule has 0 saturated heterocycles. The molecule has 28 heavy (non-hydrogen) atoms. The van der Waals surface area contributed by atoms with Gasteiger partial charge in [-0.05, 0) is 31.7 Å². The lowest BCUT2D eigenvalue weighted by atomic mass is 9.85. The SMILES string of the molecule is CCC(=O)c1nc[nH]c1C(=O)NC1CCC(C(=O)Nc2ccncc2Cl)CC1. The molecule has 2 aromatic heterocycles. The second-order valence-corrected chi connectivity index (χ2v) is 7.18. The van der Waals surface area contributed by atoms with E-state index in [2.05, 4.69) is 25.6 Å². The normalized spacial score (nSPS) is 19.1. The Labute approximate surface area is 167 Å². The Balaban J connectivity index is 1.52. The van der Waals surface area contributed by atoms with Crippen LogP contribution in [0.4, 0.5) is 5.69 Å². The van der Waals surface area contributed by atoms with Crippen molar-refractivity contribution in [2.45, 2.75) is 45.1 Å². The van der Waals surface area contributed by atoms with E-state index >= 15 is 0 Å². The van der Waals surface area contributed by atoms with E-state index in [1.807, 2.05) is 0 Å². The number of ketones is 1. The molecule has 2 aromatic rings. The van der Waals surface area contributed by atoms with Gasteiger partial charge in [0.1, 0.15) is 11.4 Å². The number of rotatable bonds is 6. The summed E-state index contributed by atoms with van der Waals surface area (Å²) in [5.74, 6) is -0.739. The predicted octanol–water partition coefficient (Wildman–Crippen LogP) is 2.98. The van der Waals surface area contributed by atoms with E-state index < -0.39 is 0 Å². The number of nitrogens with one attached hydrogen (secondary N) is 3. The molecular formula is C19H22ClN5O3. The molecule has 0 spiro atoms. The topological polar surface area (TPSA) is 117 Å². The number of H-pyrrole nitrogens is 1. The van der Waals surface area contributed by atoms with Crippen LogP contribution in [0.3, 0.4) is 0 Å². The maximum Gasteiger partial charge on any atom is 0.270 e. The number of carbonyl (C=O) groups excluding carboxylic acids is 3. The highest BCUT2D eigenvalue weighted by Crippen LogP contribution is 2.27. The maximum atomic E-state index is 12.5. The maximum absolute atomic E-state index is 12.5. The number of imidazole rings is 1. The van der Waals surface area contributed by atoms with Crippen LogP contribution in [0.5, 0.6) is 0 Å². The average Bonchev–Trinajstić information content (AvgIpc) is 3.19. The number of amides is 2. The zero-order valence-corrected chi connectivity index (χ0v) is 16.3. The largest absolute Gasteiger partial charge is 0.348 e. The number of pyridine rings is 1. The second kappa shape index (κ2) is 8.97. The third-order valence-corrected chi connectivity index (χ3v) is 5.22. The minimum atomic E-state index is -0.342. The van der Waals surface area contributed by atoms with Gasteiger partial charge in [-0.1, -0.05) is 18.5 Å². The van der Waals surface area contributed by atoms with Crippen LogP contribution in [-0.2, 0) is 4.79 Å². The molecule has 0 bridgehead atoms. The van der Waals surface area contributed by atoms with Crippen molar-refractivity contribution in [3.05, 3.63) is 41.2 Å². The van der Waals surface area contributed by atoms with E-state index in [-0.39, 0.29) is 47.4 Å². The molecule has 0 aromatic carbocycles. The first-order chi connectivity index (χ1) is 13.5. The van der Waals surface area contributed by atoms with E-state index in [9.17, 15) is 14.4 Å². The number of carbonyl (C=O) groups is 3. The van der Waals surface area contributed by atoms with E-state index in [0.717, 1.165) is 0 Å². The lowest BCUT2D eigenvalue weighted by Crippen LogP contribution is -2.40. The molecule has 0 aliphatic heterocycles. The van der Waals surface area contributed by atoms with Gasteiger partial charge in [-0.3, -0.25) is 19.4 Å². The second-order valence-electron chi connectivity index (χ2n) is 6.77. The zero-order valence-electron chi connectivity index (χ0n) is 15.5. The van der Waals surface area contributed by atoms with Gasteiger partial charge in [0.2, 0.25) is 5.91 Å². The Bertz CT molecular complexity index is 874. The van der Waals surface area contributed by atoms with Crippen molar-refractivity contribution >= 4 is 34.9 Å². The first-order valence-corrected chi connectivity index (χ1v) is 9.65. The molecule has 1 fully saturated rings. The molecule has 3 rings (SSSR count). The average molecular weight is 404 g/mol. The summed E-state index contributed by atoms with van der Waals surface area (Å²) in [6.07, 6.45) is 7.36. The Morgan fingerprint density at radius 3 is 2.68 bits per heavy atom. The van der Waals surface area contributed by atoms with Crippen LogP contribution >= 0.6 is 11.6 Å². The van der Waals surface area contributed by atoms with Gasteiger partial charge in [0.25, 0.3) is 5.91 Å². The molecular weight excluding hydrogens is 382 g/mol. The van der Waals surface area contributed by atoms with Crippen molar-refractivity contribution in [3.63, 3.8) is 0 Å². The molecule has 0 unspecified atom stereocenters. The fourth-order valence-electron chi connectivity index (χ4n) is 3.32. The quantitative estimate of drug-likeness (QED) is 0.641. The Morgan fingerprint density at radius 2 is 2.00 bits per heavy atom. The molecule has 0 atom stereocenters. The van der Waals surface area contributed by atoms with Gasteiger partial charge in [-0.15, -0.1) is 0 Å². The molecule has 2 amide bonds. The number of halogens is 1. The summed E-state index contributed by atoms with van der Waals surface area (Å²) in [5, 5.41) is 6.17. The van der Waals surface area contributed by atoms with E-state index in [0.29, 0.717) is 36.4 Å². The molecule has 1 aliphatic carbocycles. The Hall–Kier alpha value is -2.74. The van der Waals surface area contributed by atoms with Gasteiger partial charge in [0.05, 0.1) is 17.0 Å². The van der Waals surface area contributed by atoms with Crippen LogP contribution in [0.15, 0.2) is 24.8 Å². The van der Waals surface area contributed by atoms with Crippen molar-refractivity contribution < 1.29 is 14.4 Å². The Morgan fingerprint density at radius 1 is 1.25 bits per heavy atom. The smallest absolute Gasteiger partial charge is 0.270 e. The van der Waals surface area contributed by atoms with Crippen LogP contribution in [0, 0.1) is 5.92 Å². The fourth-order valence-corrected chi connectivity index (χ4v) is 3.48. The van der Waals surface area contributed by atoms with Crippen molar-refractivity contribution in [1.29, 1.82) is 0 Å². The van der Waals surface area contributed by atoms with Crippen LogP contribution in [0.2, 0.25) is 5.02 Å². The molecule has 2 heterocycles. The molecule has 1 aliphatic rings. The molecule has 0 radical (unpaired) electrons. The molecule has 148 valence electrons. The minimum Gasteiger partial charge on any atom is -0.348 e. The van der Waals surface area contributed by atoms with Gasteiger partial charge >= 0.3 is 0 Å². The van der Waals surface area contributed by atoms with Crippen molar-refractivity contribution in [1.82, 2.24) is 20.3 Å². The number of anilines is 1. The zero-order chi connectivity index (χ0) is 20.1. The first kappa shape index (κ1) is 20.0.